The molecule has 0 heterocycles. The number of carbonyl (C=O) groups is 1. The summed E-state index contributed by atoms with van der Waals surface area (Å²) in [4.78, 5) is 9.22. The van der Waals surface area contributed by atoms with Crippen LogP contribution in [0.1, 0.15) is 0 Å². The van der Waals surface area contributed by atoms with E-state index in [0.29, 0.717) is 0 Å². The van der Waals surface area contributed by atoms with Gasteiger partial charge in [-0.05, 0) is 0 Å². The maximum atomic E-state index is 10.3. The SMILES string of the molecule is O=C(O)C(Cl)C(=C(Cl)Cl)C(Cl)Cl. The minimum atomic E-state index is -1.41. The molecule has 0 saturated heterocycles. The van der Waals surface area contributed by atoms with Crippen LogP contribution in [0.15, 0.2) is 10.1 Å². The van der Waals surface area contributed by atoms with E-state index >= 15 is 0 Å². The van der Waals surface area contributed by atoms with Crippen molar-refractivity contribution in [2.45, 2.75) is 10.2 Å². The molecule has 0 aliphatic carbocycles. The van der Waals surface area contributed by atoms with Gasteiger partial charge >= 0.3 is 5.97 Å². The number of hydrogen-bond donors (Lipinski definition) is 1. The molecule has 0 aromatic heterocycles. The third-order valence-corrected chi connectivity index (χ3v) is 2.27. The molecular formula is C5H3Cl5O2. The van der Waals surface area contributed by atoms with Crippen LogP contribution >= 0.6 is 58.0 Å². The summed E-state index contributed by atoms with van der Waals surface area (Å²) in [6.45, 7) is 0. The first kappa shape index (κ1) is 12.7. The van der Waals surface area contributed by atoms with E-state index in [-0.39, 0.29) is 10.1 Å². The van der Waals surface area contributed by atoms with Crippen molar-refractivity contribution in [2.24, 2.45) is 0 Å². The van der Waals surface area contributed by atoms with Crippen LogP contribution < -0.4 is 0 Å². The second kappa shape index (κ2) is 5.40. The van der Waals surface area contributed by atoms with Gasteiger partial charge in [0.1, 0.15) is 9.33 Å². The average Bonchev–Trinajstić information content (AvgIpc) is 1.85. The van der Waals surface area contributed by atoms with Crippen LogP contribution in [-0.4, -0.2) is 21.3 Å². The number of halogens is 5. The summed E-state index contributed by atoms with van der Waals surface area (Å²) in [5.74, 6) is -1.31. The summed E-state index contributed by atoms with van der Waals surface area (Å²) >= 11 is 26.7. The molecule has 1 atom stereocenters. The van der Waals surface area contributed by atoms with Crippen molar-refractivity contribution in [3.8, 4) is 0 Å². The van der Waals surface area contributed by atoms with Gasteiger partial charge in [0.05, 0.1) is 0 Å². The lowest BCUT2D eigenvalue weighted by Crippen LogP contribution is -2.20. The van der Waals surface area contributed by atoms with Crippen molar-refractivity contribution >= 4 is 64.0 Å². The zero-order chi connectivity index (χ0) is 9.89. The third-order valence-electron chi connectivity index (χ3n) is 0.943. The number of hydrogen-bond acceptors (Lipinski definition) is 1. The zero-order valence-electron chi connectivity index (χ0n) is 5.40. The van der Waals surface area contributed by atoms with E-state index in [2.05, 4.69) is 0 Å². The van der Waals surface area contributed by atoms with Gasteiger partial charge in [-0.2, -0.15) is 0 Å². The highest BCUT2D eigenvalue weighted by atomic mass is 35.5. The summed E-state index contributed by atoms with van der Waals surface area (Å²) in [6, 6.07) is 0. The monoisotopic (exact) mass is 270 g/mol. The van der Waals surface area contributed by atoms with Gasteiger partial charge in [0, 0.05) is 5.57 Å². The van der Waals surface area contributed by atoms with Crippen LogP contribution in [0.2, 0.25) is 0 Å². The maximum absolute atomic E-state index is 10.3. The van der Waals surface area contributed by atoms with E-state index in [9.17, 15) is 4.79 Å². The molecule has 0 spiro atoms. The highest BCUT2D eigenvalue weighted by molar-refractivity contribution is 6.59. The molecule has 0 aromatic rings. The summed E-state index contributed by atoms with van der Waals surface area (Å²) in [5.41, 5.74) is -0.129. The highest BCUT2D eigenvalue weighted by Gasteiger charge is 2.26. The Bertz CT molecular complexity index is 208. The predicted molar refractivity (Wildman–Crippen MR) is 51.5 cm³/mol. The van der Waals surface area contributed by atoms with Gasteiger partial charge in [-0.1, -0.05) is 23.2 Å². The molecule has 0 aliphatic rings. The molecule has 0 fully saturated rings. The number of alkyl halides is 3. The van der Waals surface area contributed by atoms with Gasteiger partial charge in [-0.25, -0.2) is 0 Å². The molecule has 0 rings (SSSR count). The van der Waals surface area contributed by atoms with Crippen LogP contribution in [0, 0.1) is 0 Å². The Morgan fingerprint density at radius 2 is 1.58 bits per heavy atom. The van der Waals surface area contributed by atoms with E-state index in [1.54, 1.807) is 0 Å². The lowest BCUT2D eigenvalue weighted by atomic mass is 10.2. The van der Waals surface area contributed by atoms with E-state index in [1.807, 2.05) is 0 Å². The van der Waals surface area contributed by atoms with Crippen LogP contribution in [0.4, 0.5) is 0 Å². The largest absolute Gasteiger partial charge is 0.480 e. The van der Waals surface area contributed by atoms with Gasteiger partial charge < -0.3 is 5.11 Å². The molecule has 70 valence electrons. The Hall–Kier alpha value is 0.660. The molecular weight excluding hydrogens is 269 g/mol. The fourth-order valence-electron chi connectivity index (χ4n) is 0.422. The Morgan fingerprint density at radius 3 is 1.67 bits per heavy atom. The Balaban J connectivity index is 4.78. The van der Waals surface area contributed by atoms with E-state index in [0.717, 1.165) is 0 Å². The second-order valence-electron chi connectivity index (χ2n) is 1.72. The van der Waals surface area contributed by atoms with Crippen molar-refractivity contribution in [3.05, 3.63) is 10.1 Å². The smallest absolute Gasteiger partial charge is 0.326 e. The lowest BCUT2D eigenvalue weighted by molar-refractivity contribution is -0.135. The van der Waals surface area contributed by atoms with Crippen LogP contribution in [0.5, 0.6) is 0 Å². The molecule has 0 saturated carbocycles. The first-order chi connectivity index (χ1) is 5.37. The molecule has 0 radical (unpaired) electrons. The zero-order valence-corrected chi connectivity index (χ0v) is 9.18. The van der Waals surface area contributed by atoms with Gasteiger partial charge in [-0.15, -0.1) is 34.8 Å². The molecule has 0 aliphatic heterocycles. The van der Waals surface area contributed by atoms with Gasteiger partial charge in [-0.3, -0.25) is 4.79 Å². The summed E-state index contributed by atoms with van der Waals surface area (Å²) in [5, 5.41) is 7.04. The minimum absolute atomic E-state index is 0.129. The summed E-state index contributed by atoms with van der Waals surface area (Å²) in [6.07, 6.45) is 0. The standard InChI is InChI=1S/C5H3Cl5O2/c6-2(5(11)12)1(3(7)8)4(9)10/h2-3H,(H,11,12). The van der Waals surface area contributed by atoms with Gasteiger partial charge in [0.25, 0.3) is 0 Å². The average molecular weight is 272 g/mol. The second-order valence-corrected chi connectivity index (χ2v) is 4.20. The van der Waals surface area contributed by atoms with E-state index in [4.69, 9.17) is 63.1 Å². The van der Waals surface area contributed by atoms with Crippen LogP contribution in [0.25, 0.3) is 0 Å². The van der Waals surface area contributed by atoms with Crippen LogP contribution in [0.3, 0.4) is 0 Å². The van der Waals surface area contributed by atoms with Crippen LogP contribution in [-0.2, 0) is 4.79 Å². The Labute approximate surface area is 94.0 Å². The molecule has 1 unspecified atom stereocenters. The van der Waals surface area contributed by atoms with Gasteiger partial charge in [0.15, 0.2) is 5.38 Å². The van der Waals surface area contributed by atoms with Gasteiger partial charge in [0.2, 0.25) is 0 Å². The summed E-state index contributed by atoms with van der Waals surface area (Å²) in [7, 11) is 0. The number of carboxylic acids is 1. The molecule has 2 nitrogen and oxygen atoms in total. The number of carboxylic acid groups (broad SMARTS) is 1. The topological polar surface area (TPSA) is 37.3 Å². The molecule has 12 heavy (non-hydrogen) atoms. The van der Waals surface area contributed by atoms with Crippen molar-refractivity contribution in [1.29, 1.82) is 0 Å². The fraction of sp³-hybridized carbons (Fsp3) is 0.400. The lowest BCUT2D eigenvalue weighted by Gasteiger charge is -2.10. The molecule has 0 aromatic carbocycles. The van der Waals surface area contributed by atoms with Crippen molar-refractivity contribution in [1.82, 2.24) is 0 Å². The predicted octanol–water partition coefficient (Wildman–Crippen LogP) is 3.17. The van der Waals surface area contributed by atoms with E-state index in [1.165, 1.54) is 0 Å². The molecule has 0 amide bonds. The normalized spacial score (nSPS) is 12.8. The third kappa shape index (κ3) is 3.58. The first-order valence-electron chi connectivity index (χ1n) is 2.58. The Morgan fingerprint density at radius 1 is 1.17 bits per heavy atom. The summed E-state index contributed by atoms with van der Waals surface area (Å²) < 4.78 is -0.326. The number of rotatable bonds is 3. The minimum Gasteiger partial charge on any atom is -0.480 e. The molecule has 1 N–H and O–H groups in total. The first-order valence-corrected chi connectivity index (χ1v) is 4.64. The quantitative estimate of drug-likeness (QED) is 0.801. The maximum Gasteiger partial charge on any atom is 0.326 e. The van der Waals surface area contributed by atoms with E-state index < -0.39 is 16.2 Å². The molecule has 7 heteroatoms. The fourth-order valence-corrected chi connectivity index (χ4v) is 2.03. The highest BCUT2D eigenvalue weighted by Crippen LogP contribution is 2.29. The molecule has 0 bridgehead atoms. The van der Waals surface area contributed by atoms with Crippen molar-refractivity contribution in [2.75, 3.05) is 0 Å². The number of aliphatic carboxylic acids is 1. The van der Waals surface area contributed by atoms with Crippen molar-refractivity contribution < 1.29 is 9.90 Å². The van der Waals surface area contributed by atoms with Crippen molar-refractivity contribution in [3.63, 3.8) is 0 Å². The Kier molecular flexibility index (Phi) is 5.70.